The molecule has 0 saturated carbocycles. The Morgan fingerprint density at radius 2 is 1.79 bits per heavy atom. The fourth-order valence-electron chi connectivity index (χ4n) is 2.06. The van der Waals surface area contributed by atoms with Gasteiger partial charge in [-0.3, -0.25) is 0 Å². The molecule has 1 atom stereocenters. The Hall–Kier alpha value is -2.00. The van der Waals surface area contributed by atoms with Crippen LogP contribution in [0.1, 0.15) is 24.1 Å². The zero-order valence-corrected chi connectivity index (χ0v) is 11.3. The molecule has 0 aliphatic carbocycles. The second kappa shape index (κ2) is 6.25. The van der Waals surface area contributed by atoms with Crippen molar-refractivity contribution in [1.82, 2.24) is 5.32 Å². The Morgan fingerprint density at radius 3 is 2.53 bits per heavy atom. The van der Waals surface area contributed by atoms with Gasteiger partial charge in [-0.15, -0.1) is 0 Å². The predicted molar refractivity (Wildman–Crippen MR) is 76.4 cm³/mol. The monoisotopic (exact) mass is 257 g/mol. The van der Waals surface area contributed by atoms with E-state index in [0.717, 1.165) is 16.9 Å². The predicted octanol–water partition coefficient (Wildman–Crippen LogP) is 3.25. The minimum absolute atomic E-state index is 0.149. The van der Waals surface area contributed by atoms with Crippen LogP contribution < -0.4 is 10.1 Å². The third-order valence-corrected chi connectivity index (χ3v) is 3.20. The van der Waals surface area contributed by atoms with E-state index in [1.165, 1.54) is 0 Å². The SMILES string of the molecule is COc1ccccc1[C@H](C)NCc1ccccc1O. The molecule has 0 unspecified atom stereocenters. The molecule has 2 aromatic carbocycles. The fraction of sp³-hybridized carbons (Fsp3) is 0.250. The molecular formula is C16H19NO2. The van der Waals surface area contributed by atoms with Gasteiger partial charge < -0.3 is 15.2 Å². The molecule has 0 bridgehead atoms. The maximum absolute atomic E-state index is 9.73. The Balaban J connectivity index is 2.05. The summed E-state index contributed by atoms with van der Waals surface area (Å²) < 4.78 is 5.35. The number of benzene rings is 2. The zero-order chi connectivity index (χ0) is 13.7. The van der Waals surface area contributed by atoms with E-state index < -0.39 is 0 Å². The van der Waals surface area contributed by atoms with Crippen molar-refractivity contribution in [3.05, 3.63) is 59.7 Å². The summed E-state index contributed by atoms with van der Waals surface area (Å²) in [6, 6.07) is 15.5. The lowest BCUT2D eigenvalue weighted by atomic mass is 10.1. The molecule has 0 heterocycles. The summed E-state index contributed by atoms with van der Waals surface area (Å²) in [6.07, 6.45) is 0. The van der Waals surface area contributed by atoms with E-state index in [-0.39, 0.29) is 6.04 Å². The number of aromatic hydroxyl groups is 1. The van der Waals surface area contributed by atoms with Gasteiger partial charge in [0.1, 0.15) is 11.5 Å². The summed E-state index contributed by atoms with van der Waals surface area (Å²) in [5.41, 5.74) is 2.00. The van der Waals surface area contributed by atoms with Crippen molar-refractivity contribution in [3.63, 3.8) is 0 Å². The molecule has 3 nitrogen and oxygen atoms in total. The van der Waals surface area contributed by atoms with Crippen molar-refractivity contribution in [2.75, 3.05) is 7.11 Å². The Morgan fingerprint density at radius 1 is 1.11 bits per heavy atom. The van der Waals surface area contributed by atoms with Crippen molar-refractivity contribution in [3.8, 4) is 11.5 Å². The molecule has 0 saturated heterocycles. The van der Waals surface area contributed by atoms with Gasteiger partial charge in [-0.2, -0.15) is 0 Å². The first kappa shape index (κ1) is 13.4. The van der Waals surface area contributed by atoms with Gasteiger partial charge in [-0.1, -0.05) is 36.4 Å². The Kier molecular flexibility index (Phi) is 4.42. The van der Waals surface area contributed by atoms with Crippen molar-refractivity contribution in [2.45, 2.75) is 19.5 Å². The average Bonchev–Trinajstić information content (AvgIpc) is 2.46. The summed E-state index contributed by atoms with van der Waals surface area (Å²) in [6.45, 7) is 2.70. The topological polar surface area (TPSA) is 41.5 Å². The van der Waals surface area contributed by atoms with E-state index in [0.29, 0.717) is 12.3 Å². The molecule has 19 heavy (non-hydrogen) atoms. The van der Waals surface area contributed by atoms with Crippen molar-refractivity contribution < 1.29 is 9.84 Å². The van der Waals surface area contributed by atoms with Crippen LogP contribution in [0.3, 0.4) is 0 Å². The van der Waals surface area contributed by atoms with Crippen LogP contribution in [-0.2, 0) is 6.54 Å². The second-order valence-corrected chi connectivity index (χ2v) is 4.47. The van der Waals surface area contributed by atoms with E-state index in [9.17, 15) is 5.11 Å². The average molecular weight is 257 g/mol. The molecular weight excluding hydrogens is 238 g/mol. The van der Waals surface area contributed by atoms with Crippen LogP contribution in [0.5, 0.6) is 11.5 Å². The minimum Gasteiger partial charge on any atom is -0.508 e. The van der Waals surface area contributed by atoms with Crippen molar-refractivity contribution >= 4 is 0 Å². The lowest BCUT2D eigenvalue weighted by Gasteiger charge is -2.17. The maximum Gasteiger partial charge on any atom is 0.123 e. The summed E-state index contributed by atoms with van der Waals surface area (Å²) in [5, 5.41) is 13.1. The summed E-state index contributed by atoms with van der Waals surface area (Å²) in [7, 11) is 1.68. The quantitative estimate of drug-likeness (QED) is 0.864. The number of hydrogen-bond acceptors (Lipinski definition) is 3. The number of para-hydroxylation sites is 2. The minimum atomic E-state index is 0.149. The lowest BCUT2D eigenvalue weighted by molar-refractivity contribution is 0.401. The van der Waals surface area contributed by atoms with Gasteiger partial charge in [0.2, 0.25) is 0 Å². The molecule has 100 valence electrons. The van der Waals surface area contributed by atoms with Crippen LogP contribution >= 0.6 is 0 Å². The van der Waals surface area contributed by atoms with Gasteiger partial charge in [0.05, 0.1) is 7.11 Å². The third kappa shape index (κ3) is 3.26. The number of rotatable bonds is 5. The maximum atomic E-state index is 9.73. The first-order chi connectivity index (χ1) is 9.22. The van der Waals surface area contributed by atoms with E-state index in [1.807, 2.05) is 42.5 Å². The second-order valence-electron chi connectivity index (χ2n) is 4.47. The van der Waals surface area contributed by atoms with Crippen molar-refractivity contribution in [1.29, 1.82) is 0 Å². The number of phenolic OH excluding ortho intramolecular Hbond substituents is 1. The van der Waals surface area contributed by atoms with Crippen LogP contribution in [0.25, 0.3) is 0 Å². The van der Waals surface area contributed by atoms with Crippen LogP contribution in [0.4, 0.5) is 0 Å². The van der Waals surface area contributed by atoms with E-state index in [2.05, 4.69) is 12.2 Å². The molecule has 0 aliphatic rings. The number of phenols is 1. The molecule has 0 amide bonds. The highest BCUT2D eigenvalue weighted by molar-refractivity contribution is 5.36. The highest BCUT2D eigenvalue weighted by Crippen LogP contribution is 2.25. The number of methoxy groups -OCH3 is 1. The van der Waals surface area contributed by atoms with E-state index >= 15 is 0 Å². The summed E-state index contributed by atoms with van der Waals surface area (Å²) in [4.78, 5) is 0. The van der Waals surface area contributed by atoms with Gasteiger partial charge in [0.25, 0.3) is 0 Å². The van der Waals surface area contributed by atoms with Crippen LogP contribution in [0.2, 0.25) is 0 Å². The summed E-state index contributed by atoms with van der Waals surface area (Å²) in [5.74, 6) is 1.20. The molecule has 2 N–H and O–H groups in total. The molecule has 2 rings (SSSR count). The van der Waals surface area contributed by atoms with E-state index in [4.69, 9.17) is 4.74 Å². The normalized spacial score (nSPS) is 12.1. The molecule has 3 heteroatoms. The van der Waals surface area contributed by atoms with E-state index in [1.54, 1.807) is 13.2 Å². The largest absolute Gasteiger partial charge is 0.508 e. The highest BCUT2D eigenvalue weighted by Gasteiger charge is 2.10. The number of hydrogen-bond donors (Lipinski definition) is 2. The van der Waals surface area contributed by atoms with Gasteiger partial charge >= 0.3 is 0 Å². The van der Waals surface area contributed by atoms with Gasteiger partial charge in [0, 0.05) is 23.7 Å². The van der Waals surface area contributed by atoms with Crippen LogP contribution in [0.15, 0.2) is 48.5 Å². The van der Waals surface area contributed by atoms with Crippen LogP contribution in [-0.4, -0.2) is 12.2 Å². The molecule has 2 aromatic rings. The first-order valence-corrected chi connectivity index (χ1v) is 6.35. The molecule has 0 spiro atoms. The van der Waals surface area contributed by atoms with Crippen LogP contribution in [0, 0.1) is 0 Å². The standard InChI is InChI=1S/C16H19NO2/c1-12(14-8-4-6-10-16(14)19-2)17-11-13-7-3-5-9-15(13)18/h3-10,12,17-18H,11H2,1-2H3/t12-/m0/s1. The Labute approximate surface area is 113 Å². The third-order valence-electron chi connectivity index (χ3n) is 3.20. The molecule has 0 aliphatic heterocycles. The molecule has 0 fully saturated rings. The van der Waals surface area contributed by atoms with Crippen molar-refractivity contribution in [2.24, 2.45) is 0 Å². The highest BCUT2D eigenvalue weighted by atomic mass is 16.5. The molecule has 0 radical (unpaired) electrons. The summed E-state index contributed by atoms with van der Waals surface area (Å²) >= 11 is 0. The zero-order valence-electron chi connectivity index (χ0n) is 11.3. The lowest BCUT2D eigenvalue weighted by Crippen LogP contribution is -2.18. The number of ether oxygens (including phenoxy) is 1. The number of nitrogens with one attached hydrogen (secondary N) is 1. The van der Waals surface area contributed by atoms with Gasteiger partial charge in [-0.25, -0.2) is 0 Å². The Bertz CT molecular complexity index is 540. The van der Waals surface area contributed by atoms with Gasteiger partial charge in [-0.05, 0) is 19.1 Å². The first-order valence-electron chi connectivity index (χ1n) is 6.35. The van der Waals surface area contributed by atoms with Gasteiger partial charge in [0.15, 0.2) is 0 Å². The smallest absolute Gasteiger partial charge is 0.123 e. The fourth-order valence-corrected chi connectivity index (χ4v) is 2.06. The molecule has 0 aromatic heterocycles.